The predicted octanol–water partition coefficient (Wildman–Crippen LogP) is 4.49. The van der Waals surface area contributed by atoms with E-state index >= 15 is 0 Å². The van der Waals surface area contributed by atoms with Crippen LogP contribution in [0, 0.1) is 0 Å². The van der Waals surface area contributed by atoms with E-state index in [0.29, 0.717) is 22.5 Å². The number of carbonyl (C=O) groups is 1. The minimum absolute atomic E-state index is 0.100. The number of benzene rings is 1. The smallest absolute Gasteiger partial charge is 0.252 e. The highest BCUT2D eigenvalue weighted by molar-refractivity contribution is 7.99. The first kappa shape index (κ1) is 20.4. The van der Waals surface area contributed by atoms with Crippen molar-refractivity contribution in [2.45, 2.75) is 31.9 Å². The summed E-state index contributed by atoms with van der Waals surface area (Å²) in [6.07, 6.45) is 3.29. The van der Waals surface area contributed by atoms with Crippen molar-refractivity contribution < 1.29 is 4.79 Å². The van der Waals surface area contributed by atoms with Gasteiger partial charge in [0.2, 0.25) is 5.91 Å². The van der Waals surface area contributed by atoms with Gasteiger partial charge in [-0.3, -0.25) is 4.79 Å². The molecule has 2 aromatic heterocycles. The number of halogens is 1. The Kier molecular flexibility index (Phi) is 6.36. The van der Waals surface area contributed by atoms with Gasteiger partial charge >= 0.3 is 0 Å². The Hall–Kier alpha value is -2.38. The number of nitrogens with one attached hydrogen (secondary N) is 1. The molecule has 1 aromatic carbocycles. The molecule has 2 heterocycles. The zero-order valence-corrected chi connectivity index (χ0v) is 17.6. The lowest BCUT2D eigenvalue weighted by Gasteiger charge is -2.13. The van der Waals surface area contributed by atoms with Crippen LogP contribution in [0.1, 0.15) is 32.0 Å². The number of thioether (sulfide) groups is 1. The van der Waals surface area contributed by atoms with Crippen molar-refractivity contribution in [3.8, 4) is 5.95 Å². The minimum atomic E-state index is -0.164. The molecule has 8 heteroatoms. The van der Waals surface area contributed by atoms with Gasteiger partial charge in [-0.1, -0.05) is 44.5 Å². The zero-order chi connectivity index (χ0) is 20.1. The minimum Gasteiger partial charge on any atom is -0.310 e. The van der Waals surface area contributed by atoms with Crippen LogP contribution >= 0.6 is 23.4 Å². The summed E-state index contributed by atoms with van der Waals surface area (Å²) in [5.74, 6) is 1.94. The summed E-state index contributed by atoms with van der Waals surface area (Å²) in [5.41, 5.74) is 1.81. The Labute approximate surface area is 173 Å². The Morgan fingerprint density at radius 1 is 1.18 bits per heavy atom. The van der Waals surface area contributed by atoms with Crippen LogP contribution < -0.4 is 5.32 Å². The second kappa shape index (κ2) is 8.75. The normalized spacial score (nSPS) is 11.4. The average molecular weight is 416 g/mol. The van der Waals surface area contributed by atoms with Crippen LogP contribution in [0.15, 0.2) is 48.8 Å². The molecule has 0 spiro atoms. The molecular formula is C20H22ClN5OS. The second-order valence-corrected chi connectivity index (χ2v) is 8.71. The summed E-state index contributed by atoms with van der Waals surface area (Å²) in [5, 5.41) is 8.24. The van der Waals surface area contributed by atoms with Crippen molar-refractivity contribution >= 4 is 35.1 Å². The first-order valence-electron chi connectivity index (χ1n) is 8.83. The zero-order valence-electron chi connectivity index (χ0n) is 16.0. The molecule has 0 fully saturated rings. The Balaban J connectivity index is 1.69. The summed E-state index contributed by atoms with van der Waals surface area (Å²) >= 11 is 7.43. The molecule has 6 nitrogen and oxygen atoms in total. The van der Waals surface area contributed by atoms with E-state index in [9.17, 15) is 4.79 Å². The maximum Gasteiger partial charge on any atom is 0.252 e. The Morgan fingerprint density at radius 3 is 2.50 bits per heavy atom. The molecule has 146 valence electrons. The highest BCUT2D eigenvalue weighted by Gasteiger charge is 2.22. The number of aromatic nitrogens is 4. The number of amides is 1. The van der Waals surface area contributed by atoms with E-state index in [1.54, 1.807) is 23.1 Å². The van der Waals surface area contributed by atoms with Gasteiger partial charge in [-0.25, -0.2) is 9.97 Å². The summed E-state index contributed by atoms with van der Waals surface area (Å²) in [6.45, 7) is 6.21. The van der Waals surface area contributed by atoms with Crippen molar-refractivity contribution in [2.24, 2.45) is 0 Å². The van der Waals surface area contributed by atoms with E-state index in [-0.39, 0.29) is 11.3 Å². The SMILES string of the molecule is CC(C)(C)c1cc(NC(=O)CSCc2ccc(Cl)cc2)n(-c2ncccn2)n1. The third-order valence-corrected chi connectivity index (χ3v) is 5.16. The molecule has 28 heavy (non-hydrogen) atoms. The summed E-state index contributed by atoms with van der Waals surface area (Å²) in [6, 6.07) is 11.2. The first-order chi connectivity index (χ1) is 13.3. The quantitative estimate of drug-likeness (QED) is 0.642. The molecule has 1 amide bonds. The van der Waals surface area contributed by atoms with Crippen molar-refractivity contribution in [2.75, 3.05) is 11.1 Å². The number of carbonyl (C=O) groups excluding carboxylic acids is 1. The van der Waals surface area contributed by atoms with Crippen LogP contribution in [0.5, 0.6) is 0 Å². The molecule has 0 aliphatic carbocycles. The topological polar surface area (TPSA) is 72.7 Å². The van der Waals surface area contributed by atoms with Crippen molar-refractivity contribution in [1.82, 2.24) is 19.7 Å². The first-order valence-corrected chi connectivity index (χ1v) is 10.4. The van der Waals surface area contributed by atoms with Gasteiger partial charge in [-0.15, -0.1) is 11.8 Å². The molecule has 3 aromatic rings. The van der Waals surface area contributed by atoms with Crippen LogP contribution in [0.2, 0.25) is 5.02 Å². The Bertz CT molecular complexity index is 935. The van der Waals surface area contributed by atoms with Crippen LogP contribution in [-0.4, -0.2) is 31.4 Å². The van der Waals surface area contributed by atoms with Crippen LogP contribution in [0.3, 0.4) is 0 Å². The summed E-state index contributed by atoms with van der Waals surface area (Å²) in [4.78, 5) is 21.0. The molecule has 0 radical (unpaired) electrons. The van der Waals surface area contributed by atoms with E-state index in [2.05, 4.69) is 41.2 Å². The van der Waals surface area contributed by atoms with Crippen molar-refractivity contribution in [3.05, 3.63) is 65.1 Å². The predicted molar refractivity (Wildman–Crippen MR) is 114 cm³/mol. The third kappa shape index (κ3) is 5.33. The average Bonchev–Trinajstić information content (AvgIpc) is 3.08. The van der Waals surface area contributed by atoms with E-state index in [1.807, 2.05) is 30.3 Å². The van der Waals surface area contributed by atoms with Crippen molar-refractivity contribution in [3.63, 3.8) is 0 Å². The van der Waals surface area contributed by atoms with Gasteiger partial charge in [-0.2, -0.15) is 9.78 Å². The lowest BCUT2D eigenvalue weighted by Crippen LogP contribution is -2.18. The fraction of sp³-hybridized carbons (Fsp3) is 0.300. The molecule has 0 saturated carbocycles. The van der Waals surface area contributed by atoms with Gasteiger partial charge in [0, 0.05) is 34.7 Å². The molecule has 0 atom stereocenters. The van der Waals surface area contributed by atoms with Crippen molar-refractivity contribution in [1.29, 1.82) is 0 Å². The molecular weight excluding hydrogens is 394 g/mol. The fourth-order valence-electron chi connectivity index (χ4n) is 2.41. The highest BCUT2D eigenvalue weighted by Crippen LogP contribution is 2.25. The largest absolute Gasteiger partial charge is 0.310 e. The molecule has 3 rings (SSSR count). The summed E-state index contributed by atoms with van der Waals surface area (Å²) < 4.78 is 1.57. The molecule has 0 saturated heterocycles. The lowest BCUT2D eigenvalue weighted by atomic mass is 9.92. The lowest BCUT2D eigenvalue weighted by molar-refractivity contribution is -0.113. The number of nitrogens with zero attached hydrogens (tertiary/aromatic N) is 4. The van der Waals surface area contributed by atoms with Gasteiger partial charge in [0.1, 0.15) is 5.82 Å². The maximum atomic E-state index is 12.5. The fourth-order valence-corrected chi connectivity index (χ4v) is 3.32. The van der Waals surface area contributed by atoms with Crippen LogP contribution in [0.4, 0.5) is 5.82 Å². The Morgan fingerprint density at radius 2 is 1.86 bits per heavy atom. The third-order valence-electron chi connectivity index (χ3n) is 3.90. The molecule has 0 aliphatic heterocycles. The van der Waals surface area contributed by atoms with Gasteiger partial charge in [0.25, 0.3) is 5.95 Å². The number of rotatable bonds is 6. The van der Waals surface area contributed by atoms with E-state index < -0.39 is 0 Å². The standard InChI is InChI=1S/C20H22ClN5OS/c1-20(2,3)16-11-17(26(25-16)19-22-9-4-10-23-19)24-18(27)13-28-12-14-5-7-15(21)8-6-14/h4-11H,12-13H2,1-3H3,(H,24,27). The van der Waals surface area contributed by atoms with Gasteiger partial charge < -0.3 is 5.32 Å². The van der Waals surface area contributed by atoms with Crippen LogP contribution in [0.25, 0.3) is 5.95 Å². The molecule has 1 N–H and O–H groups in total. The number of hydrogen-bond acceptors (Lipinski definition) is 5. The van der Waals surface area contributed by atoms with E-state index in [1.165, 1.54) is 11.8 Å². The number of anilines is 1. The summed E-state index contributed by atoms with van der Waals surface area (Å²) in [7, 11) is 0. The maximum absolute atomic E-state index is 12.5. The van der Waals surface area contributed by atoms with Gasteiger partial charge in [0.05, 0.1) is 11.4 Å². The van der Waals surface area contributed by atoms with E-state index in [0.717, 1.165) is 17.0 Å². The molecule has 0 unspecified atom stereocenters. The van der Waals surface area contributed by atoms with Gasteiger partial charge in [-0.05, 0) is 23.8 Å². The van der Waals surface area contributed by atoms with Crippen LogP contribution in [-0.2, 0) is 16.0 Å². The van der Waals surface area contributed by atoms with Gasteiger partial charge in [0.15, 0.2) is 0 Å². The molecule has 0 aliphatic rings. The monoisotopic (exact) mass is 415 g/mol. The number of hydrogen-bond donors (Lipinski definition) is 1. The second-order valence-electron chi connectivity index (χ2n) is 7.29. The van der Waals surface area contributed by atoms with E-state index in [4.69, 9.17) is 11.6 Å². The molecule has 0 bridgehead atoms. The highest BCUT2D eigenvalue weighted by atomic mass is 35.5.